The van der Waals surface area contributed by atoms with Crippen LogP contribution >= 0.6 is 0 Å². The number of Topliss-reactive ketones (excluding diaryl/α,β-unsaturated/α-hetero) is 1. The molecule has 4 nitrogen and oxygen atoms in total. The van der Waals surface area contributed by atoms with E-state index in [0.717, 1.165) is 25.7 Å². The number of esters is 1. The van der Waals surface area contributed by atoms with Crippen molar-refractivity contribution in [2.75, 3.05) is 7.11 Å². The van der Waals surface area contributed by atoms with Gasteiger partial charge in [0.1, 0.15) is 0 Å². The van der Waals surface area contributed by atoms with Crippen molar-refractivity contribution in [2.24, 2.45) is 0 Å². The molecule has 0 bridgehead atoms. The third-order valence-electron chi connectivity index (χ3n) is 2.53. The van der Waals surface area contributed by atoms with Crippen molar-refractivity contribution in [3.05, 3.63) is 11.3 Å². The lowest BCUT2D eigenvalue weighted by atomic mass is 10.1. The first-order valence-electron chi connectivity index (χ1n) is 6.04. The van der Waals surface area contributed by atoms with E-state index in [0.29, 0.717) is 6.42 Å². The van der Waals surface area contributed by atoms with Gasteiger partial charge in [-0.05, 0) is 13.3 Å². The molecule has 0 amide bonds. The van der Waals surface area contributed by atoms with Crippen molar-refractivity contribution >= 4 is 11.8 Å². The van der Waals surface area contributed by atoms with Gasteiger partial charge in [0.05, 0.1) is 12.7 Å². The second-order valence-electron chi connectivity index (χ2n) is 4.01. The van der Waals surface area contributed by atoms with E-state index in [2.05, 4.69) is 11.7 Å². The minimum atomic E-state index is -0.823. The maximum atomic E-state index is 11.7. The summed E-state index contributed by atoms with van der Waals surface area (Å²) in [5, 5.41) is 11.7. The molecule has 0 N–H and O–H groups in total. The van der Waals surface area contributed by atoms with E-state index in [1.54, 1.807) is 0 Å². The number of carbonyl (C=O) groups is 2. The van der Waals surface area contributed by atoms with Gasteiger partial charge >= 0.3 is 5.97 Å². The Hall–Kier alpha value is -1.32. The van der Waals surface area contributed by atoms with Gasteiger partial charge in [-0.15, -0.1) is 5.76 Å². The van der Waals surface area contributed by atoms with Crippen molar-refractivity contribution in [2.45, 2.75) is 52.4 Å². The highest BCUT2D eigenvalue weighted by molar-refractivity contribution is 6.16. The zero-order valence-corrected chi connectivity index (χ0v) is 10.9. The van der Waals surface area contributed by atoms with Gasteiger partial charge in [0, 0.05) is 0 Å². The smallest absolute Gasteiger partial charge is 0.340 e. The highest BCUT2D eigenvalue weighted by Crippen LogP contribution is 2.12. The Morgan fingerprint density at radius 3 is 2.18 bits per heavy atom. The summed E-state index contributed by atoms with van der Waals surface area (Å²) < 4.78 is 4.42. The number of rotatable bonds is 8. The van der Waals surface area contributed by atoms with Gasteiger partial charge in [0.25, 0.3) is 0 Å². The minimum absolute atomic E-state index is 0.244. The standard InChI is InChI=1S/C13H22O4/c1-4-5-6-7-8-9-11(15)12(10(2)14)13(16)17-3/h15H,4-9H2,1-3H3/p-1/b12-11+. The van der Waals surface area contributed by atoms with Crippen LogP contribution in [0.4, 0.5) is 0 Å². The molecule has 0 heterocycles. The number of ketones is 1. The molecule has 0 rings (SSSR count). The zero-order chi connectivity index (χ0) is 13.3. The number of hydrogen-bond donors (Lipinski definition) is 0. The van der Waals surface area contributed by atoms with Crippen LogP contribution < -0.4 is 5.11 Å². The van der Waals surface area contributed by atoms with Crippen LogP contribution in [0.2, 0.25) is 0 Å². The zero-order valence-electron chi connectivity index (χ0n) is 10.9. The fourth-order valence-electron chi connectivity index (χ4n) is 1.57. The van der Waals surface area contributed by atoms with Gasteiger partial charge in [0.15, 0.2) is 5.78 Å². The summed E-state index contributed by atoms with van der Waals surface area (Å²) in [6.45, 7) is 3.32. The number of unbranched alkanes of at least 4 members (excludes halogenated alkanes) is 4. The van der Waals surface area contributed by atoms with Crippen LogP contribution in [-0.4, -0.2) is 18.9 Å². The third kappa shape index (κ3) is 6.09. The molecule has 0 aliphatic carbocycles. The maximum Gasteiger partial charge on any atom is 0.340 e. The van der Waals surface area contributed by atoms with Crippen molar-refractivity contribution < 1.29 is 19.4 Å². The number of allylic oxidation sites excluding steroid dienone is 1. The molecule has 0 radical (unpaired) electrons. The van der Waals surface area contributed by atoms with E-state index in [1.807, 2.05) is 0 Å². The van der Waals surface area contributed by atoms with Crippen molar-refractivity contribution in [1.29, 1.82) is 0 Å². The Labute approximate surface area is 103 Å². The van der Waals surface area contributed by atoms with Gasteiger partial charge < -0.3 is 9.84 Å². The fraction of sp³-hybridized carbons (Fsp3) is 0.692. The quantitative estimate of drug-likeness (QED) is 0.162. The summed E-state index contributed by atoms with van der Waals surface area (Å²) in [7, 11) is 1.17. The second-order valence-corrected chi connectivity index (χ2v) is 4.01. The van der Waals surface area contributed by atoms with Crippen LogP contribution in [0, 0.1) is 0 Å². The molecule has 0 spiro atoms. The monoisotopic (exact) mass is 241 g/mol. The first-order chi connectivity index (χ1) is 8.04. The average Bonchev–Trinajstić information content (AvgIpc) is 2.28. The number of ether oxygens (including phenoxy) is 1. The molecule has 0 aromatic rings. The van der Waals surface area contributed by atoms with E-state index >= 15 is 0 Å². The van der Waals surface area contributed by atoms with E-state index < -0.39 is 17.5 Å². The Kier molecular flexibility index (Phi) is 8.11. The molecule has 0 aromatic carbocycles. The number of carbonyl (C=O) groups excluding carboxylic acids is 2. The second kappa shape index (κ2) is 8.79. The lowest BCUT2D eigenvalue weighted by Gasteiger charge is -2.15. The highest BCUT2D eigenvalue weighted by Gasteiger charge is 2.15. The molecule has 0 fully saturated rings. The molecule has 4 heteroatoms. The molecule has 0 unspecified atom stereocenters. The SMILES string of the molecule is CCCCCCC/C([O-])=C(/C(C)=O)C(=O)OC. The van der Waals surface area contributed by atoms with Crippen molar-refractivity contribution in [3.8, 4) is 0 Å². The highest BCUT2D eigenvalue weighted by atomic mass is 16.5. The number of methoxy groups -OCH3 is 1. The summed E-state index contributed by atoms with van der Waals surface area (Å²) in [6, 6.07) is 0. The predicted octanol–water partition coefficient (Wildman–Crippen LogP) is 1.72. The molecule has 0 saturated carbocycles. The first-order valence-corrected chi connectivity index (χ1v) is 6.04. The van der Waals surface area contributed by atoms with Crippen LogP contribution in [0.15, 0.2) is 11.3 Å². The lowest BCUT2D eigenvalue weighted by molar-refractivity contribution is -0.308. The van der Waals surface area contributed by atoms with Crippen LogP contribution in [0.25, 0.3) is 0 Å². The fourth-order valence-corrected chi connectivity index (χ4v) is 1.57. The number of hydrogen-bond acceptors (Lipinski definition) is 4. The summed E-state index contributed by atoms with van der Waals surface area (Å²) in [5.41, 5.74) is -0.331. The molecule has 0 aromatic heterocycles. The van der Waals surface area contributed by atoms with Crippen LogP contribution in [0.1, 0.15) is 52.4 Å². The maximum absolute atomic E-state index is 11.7. The van der Waals surface area contributed by atoms with E-state index in [1.165, 1.54) is 14.0 Å². The molecular weight excluding hydrogens is 220 g/mol. The van der Waals surface area contributed by atoms with Crippen LogP contribution in [-0.2, 0) is 14.3 Å². The molecular formula is C13H21O4-. The Morgan fingerprint density at radius 2 is 1.71 bits per heavy atom. The summed E-state index contributed by atoms with van der Waals surface area (Å²) in [4.78, 5) is 22.4. The summed E-state index contributed by atoms with van der Waals surface area (Å²) in [5.74, 6) is -1.74. The molecule has 0 aliphatic rings. The van der Waals surface area contributed by atoms with Crippen LogP contribution in [0.5, 0.6) is 0 Å². The Balaban J connectivity index is 4.32. The molecule has 17 heavy (non-hydrogen) atoms. The Bertz CT molecular complexity index is 292. The van der Waals surface area contributed by atoms with E-state index in [4.69, 9.17) is 0 Å². The molecule has 0 saturated heterocycles. The third-order valence-corrected chi connectivity index (χ3v) is 2.53. The van der Waals surface area contributed by atoms with E-state index in [-0.39, 0.29) is 12.0 Å². The normalized spacial score (nSPS) is 11.9. The molecule has 0 atom stereocenters. The van der Waals surface area contributed by atoms with E-state index in [9.17, 15) is 14.7 Å². The van der Waals surface area contributed by atoms with Crippen molar-refractivity contribution in [3.63, 3.8) is 0 Å². The Morgan fingerprint density at radius 1 is 1.12 bits per heavy atom. The molecule has 98 valence electrons. The summed E-state index contributed by atoms with van der Waals surface area (Å²) >= 11 is 0. The van der Waals surface area contributed by atoms with Gasteiger partial charge in [-0.1, -0.05) is 39.0 Å². The lowest BCUT2D eigenvalue weighted by Crippen LogP contribution is -2.20. The topological polar surface area (TPSA) is 66.4 Å². The molecule has 0 aliphatic heterocycles. The predicted molar refractivity (Wildman–Crippen MR) is 63.1 cm³/mol. The van der Waals surface area contributed by atoms with Gasteiger partial charge in [0.2, 0.25) is 0 Å². The van der Waals surface area contributed by atoms with Crippen molar-refractivity contribution in [1.82, 2.24) is 0 Å². The van der Waals surface area contributed by atoms with Crippen LogP contribution in [0.3, 0.4) is 0 Å². The van der Waals surface area contributed by atoms with Gasteiger partial charge in [-0.2, -0.15) is 0 Å². The minimum Gasteiger partial charge on any atom is -0.875 e. The van der Waals surface area contributed by atoms with Gasteiger partial charge in [-0.25, -0.2) is 4.79 Å². The van der Waals surface area contributed by atoms with Gasteiger partial charge in [-0.3, -0.25) is 4.79 Å². The largest absolute Gasteiger partial charge is 0.875 e. The average molecular weight is 241 g/mol. The summed E-state index contributed by atoms with van der Waals surface area (Å²) in [6.07, 6.45) is 5.28. The first kappa shape index (κ1) is 15.7.